The number of rotatable bonds is 10. The van der Waals surface area contributed by atoms with Crippen LogP contribution in [-0.4, -0.2) is 19.2 Å². The van der Waals surface area contributed by atoms with Crippen molar-refractivity contribution in [3.05, 3.63) is 37.1 Å². The van der Waals surface area contributed by atoms with Gasteiger partial charge in [0.25, 0.3) is 0 Å². The van der Waals surface area contributed by atoms with Crippen molar-refractivity contribution in [2.24, 2.45) is 0 Å². The van der Waals surface area contributed by atoms with E-state index in [-0.39, 0.29) is 5.97 Å². The highest BCUT2D eigenvalue weighted by Crippen LogP contribution is 2.03. The topological polar surface area (TPSA) is 35.5 Å². The van der Waals surface area contributed by atoms with Crippen molar-refractivity contribution in [3.8, 4) is 0 Å². The number of carbonyl (C=O) groups is 1. The average Bonchev–Trinajstić information content (AvgIpc) is 2.32. The van der Waals surface area contributed by atoms with E-state index in [1.807, 2.05) is 13.0 Å². The lowest BCUT2D eigenvalue weighted by Gasteiger charge is -2.05. The van der Waals surface area contributed by atoms with Crippen LogP contribution in [0.25, 0.3) is 0 Å². The third-order valence-corrected chi connectivity index (χ3v) is 2.13. The Hall–Kier alpha value is -1.51. The fraction of sp³-hybridized carbons (Fsp3) is 0.500. The van der Waals surface area contributed by atoms with Crippen LogP contribution < -0.4 is 0 Å². The van der Waals surface area contributed by atoms with Gasteiger partial charge in [0.15, 0.2) is 0 Å². The minimum atomic E-state index is -0.349. The maximum absolute atomic E-state index is 10.7. The smallest absolute Gasteiger partial charge is 0.330 e. The van der Waals surface area contributed by atoms with E-state index >= 15 is 0 Å². The highest BCUT2D eigenvalue weighted by molar-refractivity contribution is 5.81. The van der Waals surface area contributed by atoms with Gasteiger partial charge in [-0.3, -0.25) is 0 Å². The number of carbonyl (C=O) groups excluding carboxylic acids is 1. The number of esters is 1. The molecule has 0 spiro atoms. The number of ether oxygens (including phenoxy) is 2. The predicted octanol–water partition coefficient (Wildman–Crippen LogP) is 3.38. The van der Waals surface area contributed by atoms with Gasteiger partial charge in [0.2, 0.25) is 0 Å². The van der Waals surface area contributed by atoms with Gasteiger partial charge < -0.3 is 9.47 Å². The maximum atomic E-state index is 10.7. The summed E-state index contributed by atoms with van der Waals surface area (Å²) in [5, 5.41) is 0. The lowest BCUT2D eigenvalue weighted by molar-refractivity contribution is -0.137. The van der Waals surface area contributed by atoms with Gasteiger partial charge >= 0.3 is 5.97 Å². The van der Waals surface area contributed by atoms with E-state index in [0.29, 0.717) is 6.61 Å². The van der Waals surface area contributed by atoms with Crippen molar-refractivity contribution < 1.29 is 14.3 Å². The molecule has 0 atom stereocenters. The highest BCUT2D eigenvalue weighted by atomic mass is 16.5. The normalized spacial score (nSPS) is 10.8. The number of unbranched alkanes of at least 4 members (excludes halogenated alkanes) is 3. The van der Waals surface area contributed by atoms with Crippen molar-refractivity contribution in [1.29, 1.82) is 0 Å². The molecule has 0 N–H and O–H groups in total. The molecular formula is C14H22O3. The van der Waals surface area contributed by atoms with Crippen LogP contribution in [0.15, 0.2) is 37.1 Å². The summed E-state index contributed by atoms with van der Waals surface area (Å²) in [6.07, 6.45) is 8.75. The fourth-order valence-electron chi connectivity index (χ4n) is 1.24. The molecule has 17 heavy (non-hydrogen) atoms. The number of hydrogen-bond acceptors (Lipinski definition) is 3. The summed E-state index contributed by atoms with van der Waals surface area (Å²) < 4.78 is 10.3. The first-order chi connectivity index (χ1) is 8.20. The second-order valence-electron chi connectivity index (χ2n) is 3.65. The maximum Gasteiger partial charge on any atom is 0.330 e. The van der Waals surface area contributed by atoms with Crippen LogP contribution in [0.5, 0.6) is 0 Å². The van der Waals surface area contributed by atoms with Gasteiger partial charge in [0, 0.05) is 6.08 Å². The Morgan fingerprint density at radius 1 is 1.06 bits per heavy atom. The van der Waals surface area contributed by atoms with Crippen LogP contribution in [0.3, 0.4) is 0 Å². The lowest BCUT2D eigenvalue weighted by Crippen LogP contribution is -2.01. The SMILES string of the molecule is C=C/C=C(\C)OCCCCCCOC(=O)C=C. The van der Waals surface area contributed by atoms with Gasteiger partial charge in [-0.05, 0) is 38.7 Å². The van der Waals surface area contributed by atoms with E-state index in [2.05, 4.69) is 13.2 Å². The minimum absolute atomic E-state index is 0.349. The zero-order valence-corrected chi connectivity index (χ0v) is 10.6. The molecule has 0 aromatic carbocycles. The molecule has 3 nitrogen and oxygen atoms in total. The standard InChI is InChI=1S/C14H22O3/c1-4-10-13(3)16-11-8-6-7-9-12-17-14(15)5-2/h4-5,10H,1-2,6-9,11-12H2,3H3/b13-10+. The fourth-order valence-corrected chi connectivity index (χ4v) is 1.24. The van der Waals surface area contributed by atoms with Crippen LogP contribution in [0.1, 0.15) is 32.6 Å². The summed E-state index contributed by atoms with van der Waals surface area (Å²) in [5.74, 6) is 0.540. The molecule has 0 aromatic rings. The van der Waals surface area contributed by atoms with E-state index in [0.717, 1.165) is 38.0 Å². The molecule has 96 valence electrons. The molecule has 0 heterocycles. The zero-order chi connectivity index (χ0) is 12.9. The van der Waals surface area contributed by atoms with Crippen LogP contribution in [0.4, 0.5) is 0 Å². The molecule has 0 saturated carbocycles. The van der Waals surface area contributed by atoms with E-state index in [1.54, 1.807) is 6.08 Å². The largest absolute Gasteiger partial charge is 0.498 e. The van der Waals surface area contributed by atoms with Crippen LogP contribution in [0, 0.1) is 0 Å². The molecule has 0 bridgehead atoms. The van der Waals surface area contributed by atoms with Crippen molar-refractivity contribution in [2.75, 3.05) is 13.2 Å². The number of allylic oxidation sites excluding steroid dienone is 3. The molecule has 0 fully saturated rings. The summed E-state index contributed by atoms with van der Waals surface area (Å²) >= 11 is 0. The van der Waals surface area contributed by atoms with E-state index in [4.69, 9.17) is 9.47 Å². The van der Waals surface area contributed by atoms with E-state index < -0.39 is 0 Å². The van der Waals surface area contributed by atoms with E-state index in [1.165, 1.54) is 6.08 Å². The summed E-state index contributed by atoms with van der Waals surface area (Å²) in [6, 6.07) is 0. The Morgan fingerprint density at radius 2 is 1.65 bits per heavy atom. The molecule has 0 aliphatic carbocycles. The molecule has 3 heteroatoms. The Morgan fingerprint density at radius 3 is 2.18 bits per heavy atom. The third-order valence-electron chi connectivity index (χ3n) is 2.13. The first kappa shape index (κ1) is 15.5. The second kappa shape index (κ2) is 11.0. The Balaban J connectivity index is 3.24. The molecule has 0 amide bonds. The van der Waals surface area contributed by atoms with Gasteiger partial charge in [-0.15, -0.1) is 0 Å². The van der Waals surface area contributed by atoms with Gasteiger partial charge in [0.05, 0.1) is 19.0 Å². The Bertz CT molecular complexity index is 267. The van der Waals surface area contributed by atoms with Gasteiger partial charge in [-0.25, -0.2) is 4.79 Å². The lowest BCUT2D eigenvalue weighted by atomic mass is 10.2. The summed E-state index contributed by atoms with van der Waals surface area (Å²) in [5.41, 5.74) is 0. The first-order valence-electron chi connectivity index (χ1n) is 5.92. The predicted molar refractivity (Wildman–Crippen MR) is 69.5 cm³/mol. The zero-order valence-electron chi connectivity index (χ0n) is 10.6. The summed E-state index contributed by atoms with van der Waals surface area (Å²) in [4.78, 5) is 10.7. The Labute approximate surface area is 104 Å². The molecule has 0 radical (unpaired) electrons. The summed E-state index contributed by atoms with van der Waals surface area (Å²) in [7, 11) is 0. The molecular weight excluding hydrogens is 216 g/mol. The van der Waals surface area contributed by atoms with Crippen molar-refractivity contribution >= 4 is 5.97 Å². The van der Waals surface area contributed by atoms with Crippen LogP contribution in [-0.2, 0) is 14.3 Å². The molecule has 0 aliphatic rings. The van der Waals surface area contributed by atoms with Crippen LogP contribution in [0.2, 0.25) is 0 Å². The van der Waals surface area contributed by atoms with Crippen molar-refractivity contribution in [2.45, 2.75) is 32.6 Å². The quantitative estimate of drug-likeness (QED) is 0.192. The average molecular weight is 238 g/mol. The Kier molecular flexibility index (Phi) is 10.0. The van der Waals surface area contributed by atoms with Gasteiger partial charge in [-0.1, -0.05) is 19.2 Å². The van der Waals surface area contributed by atoms with Gasteiger partial charge in [-0.2, -0.15) is 0 Å². The molecule has 0 aliphatic heterocycles. The van der Waals surface area contributed by atoms with Gasteiger partial charge in [0.1, 0.15) is 0 Å². The van der Waals surface area contributed by atoms with Crippen molar-refractivity contribution in [3.63, 3.8) is 0 Å². The molecule has 0 rings (SSSR count). The number of hydrogen-bond donors (Lipinski definition) is 0. The third kappa shape index (κ3) is 10.8. The van der Waals surface area contributed by atoms with Crippen molar-refractivity contribution in [1.82, 2.24) is 0 Å². The summed E-state index contributed by atoms with van der Waals surface area (Å²) in [6.45, 7) is 10.0. The highest BCUT2D eigenvalue weighted by Gasteiger charge is 1.95. The van der Waals surface area contributed by atoms with E-state index in [9.17, 15) is 4.79 Å². The van der Waals surface area contributed by atoms with Crippen LogP contribution >= 0.6 is 0 Å². The molecule has 0 aromatic heterocycles. The molecule has 0 unspecified atom stereocenters. The minimum Gasteiger partial charge on any atom is -0.498 e. The second-order valence-corrected chi connectivity index (χ2v) is 3.65. The first-order valence-corrected chi connectivity index (χ1v) is 5.92. The molecule has 0 saturated heterocycles. The monoisotopic (exact) mass is 238 g/mol.